The molecule has 78 valence electrons. The van der Waals surface area contributed by atoms with Crippen LogP contribution in [-0.2, 0) is 6.54 Å². The lowest BCUT2D eigenvalue weighted by Crippen LogP contribution is -2.16. The van der Waals surface area contributed by atoms with Gasteiger partial charge in [-0.25, -0.2) is 4.98 Å². The van der Waals surface area contributed by atoms with E-state index in [9.17, 15) is 0 Å². The fourth-order valence-electron chi connectivity index (χ4n) is 1.67. The minimum Gasteiger partial charge on any atom is -0.330 e. The molecular formula is C11H19N3. The van der Waals surface area contributed by atoms with E-state index < -0.39 is 0 Å². The van der Waals surface area contributed by atoms with E-state index in [1.54, 1.807) is 0 Å². The Balaban J connectivity index is 1.80. The van der Waals surface area contributed by atoms with Crippen molar-refractivity contribution in [3.05, 3.63) is 18.2 Å². The van der Waals surface area contributed by atoms with Gasteiger partial charge in [-0.15, -0.1) is 0 Å². The molecule has 0 radical (unpaired) electrons. The molecular weight excluding hydrogens is 174 g/mol. The maximum absolute atomic E-state index is 4.21. The van der Waals surface area contributed by atoms with Crippen molar-refractivity contribution >= 4 is 0 Å². The third kappa shape index (κ3) is 2.35. The van der Waals surface area contributed by atoms with Gasteiger partial charge in [0.05, 0.1) is 12.0 Å². The molecule has 0 spiro atoms. The Hall–Kier alpha value is -0.830. The van der Waals surface area contributed by atoms with Crippen LogP contribution in [0.2, 0.25) is 0 Å². The summed E-state index contributed by atoms with van der Waals surface area (Å²) >= 11 is 0. The zero-order chi connectivity index (χ0) is 9.80. The van der Waals surface area contributed by atoms with Gasteiger partial charge in [0, 0.05) is 18.8 Å². The van der Waals surface area contributed by atoms with Crippen molar-refractivity contribution in [1.82, 2.24) is 14.9 Å². The standard InChI is InChI=1S/C11H19N3/c1-2-3-6-12-7-11-8-13-9-14(11)10-4-5-10/h8-10,12H,2-7H2,1H3. The van der Waals surface area contributed by atoms with Crippen molar-refractivity contribution in [2.45, 2.75) is 45.2 Å². The van der Waals surface area contributed by atoms with Gasteiger partial charge in [0.15, 0.2) is 0 Å². The molecule has 1 N–H and O–H groups in total. The first-order valence-electron chi connectivity index (χ1n) is 5.63. The van der Waals surface area contributed by atoms with Gasteiger partial charge in [-0.05, 0) is 25.8 Å². The molecule has 1 aliphatic rings. The number of hydrogen-bond acceptors (Lipinski definition) is 2. The topological polar surface area (TPSA) is 29.9 Å². The molecule has 1 fully saturated rings. The van der Waals surface area contributed by atoms with E-state index >= 15 is 0 Å². The third-order valence-corrected chi connectivity index (χ3v) is 2.70. The maximum atomic E-state index is 4.21. The van der Waals surface area contributed by atoms with Gasteiger partial charge in [0.2, 0.25) is 0 Å². The minimum atomic E-state index is 0.750. The Kier molecular flexibility index (Phi) is 3.19. The summed E-state index contributed by atoms with van der Waals surface area (Å²) in [6.45, 7) is 4.30. The first kappa shape index (κ1) is 9.71. The van der Waals surface area contributed by atoms with Crippen LogP contribution in [-0.4, -0.2) is 16.1 Å². The Morgan fingerprint density at radius 3 is 3.14 bits per heavy atom. The Morgan fingerprint density at radius 2 is 2.43 bits per heavy atom. The van der Waals surface area contributed by atoms with Crippen molar-refractivity contribution in [3.8, 4) is 0 Å². The second kappa shape index (κ2) is 4.60. The second-order valence-electron chi connectivity index (χ2n) is 4.05. The highest BCUT2D eigenvalue weighted by Gasteiger charge is 2.24. The molecule has 1 saturated carbocycles. The van der Waals surface area contributed by atoms with Crippen molar-refractivity contribution in [3.63, 3.8) is 0 Å². The molecule has 2 rings (SSSR count). The average molecular weight is 193 g/mol. The Bertz CT molecular complexity index is 276. The van der Waals surface area contributed by atoms with Crippen LogP contribution in [0.15, 0.2) is 12.5 Å². The summed E-state index contributed by atoms with van der Waals surface area (Å²) in [6.07, 6.45) is 9.13. The van der Waals surface area contributed by atoms with Gasteiger partial charge in [-0.3, -0.25) is 0 Å². The number of nitrogens with zero attached hydrogens (tertiary/aromatic N) is 2. The van der Waals surface area contributed by atoms with Crippen LogP contribution >= 0.6 is 0 Å². The molecule has 0 bridgehead atoms. The van der Waals surface area contributed by atoms with Gasteiger partial charge < -0.3 is 9.88 Å². The predicted molar refractivity (Wildman–Crippen MR) is 57.1 cm³/mol. The molecule has 3 nitrogen and oxygen atoms in total. The van der Waals surface area contributed by atoms with Crippen molar-refractivity contribution in [1.29, 1.82) is 0 Å². The molecule has 0 unspecified atom stereocenters. The average Bonchev–Trinajstić information content (AvgIpc) is 2.94. The van der Waals surface area contributed by atoms with Crippen LogP contribution in [0.25, 0.3) is 0 Å². The fourth-order valence-corrected chi connectivity index (χ4v) is 1.67. The molecule has 0 atom stereocenters. The first-order chi connectivity index (χ1) is 6.92. The summed E-state index contributed by atoms with van der Waals surface area (Å²) in [5.74, 6) is 0. The highest BCUT2D eigenvalue weighted by molar-refractivity contribution is 5.03. The molecule has 0 aromatic carbocycles. The molecule has 1 aliphatic carbocycles. The van der Waals surface area contributed by atoms with Gasteiger partial charge in [-0.1, -0.05) is 13.3 Å². The lowest BCUT2D eigenvalue weighted by molar-refractivity contribution is 0.599. The van der Waals surface area contributed by atoms with E-state index in [-0.39, 0.29) is 0 Å². The largest absolute Gasteiger partial charge is 0.330 e. The molecule has 14 heavy (non-hydrogen) atoms. The lowest BCUT2D eigenvalue weighted by atomic mass is 10.3. The van der Waals surface area contributed by atoms with Crippen LogP contribution in [0, 0.1) is 0 Å². The summed E-state index contributed by atoms with van der Waals surface area (Å²) in [6, 6.07) is 0.750. The lowest BCUT2D eigenvalue weighted by Gasteiger charge is -2.07. The van der Waals surface area contributed by atoms with Crippen molar-refractivity contribution in [2.24, 2.45) is 0 Å². The number of unbranched alkanes of at least 4 members (excludes halogenated alkanes) is 1. The molecule has 1 aromatic rings. The van der Waals surface area contributed by atoms with Gasteiger partial charge in [-0.2, -0.15) is 0 Å². The van der Waals surface area contributed by atoms with Crippen molar-refractivity contribution in [2.75, 3.05) is 6.54 Å². The van der Waals surface area contributed by atoms with Crippen LogP contribution in [0.5, 0.6) is 0 Å². The van der Waals surface area contributed by atoms with Gasteiger partial charge in [0.1, 0.15) is 0 Å². The van der Waals surface area contributed by atoms with E-state index in [0.29, 0.717) is 0 Å². The van der Waals surface area contributed by atoms with E-state index in [1.807, 2.05) is 12.5 Å². The van der Waals surface area contributed by atoms with E-state index in [2.05, 4.69) is 21.8 Å². The molecule has 0 aliphatic heterocycles. The molecule has 0 amide bonds. The summed E-state index contributed by atoms with van der Waals surface area (Å²) in [5.41, 5.74) is 1.34. The Labute approximate surface area is 85.5 Å². The highest BCUT2D eigenvalue weighted by Crippen LogP contribution is 2.35. The van der Waals surface area contributed by atoms with Crippen LogP contribution < -0.4 is 5.32 Å². The number of nitrogens with one attached hydrogen (secondary N) is 1. The summed E-state index contributed by atoms with van der Waals surface area (Å²) in [5, 5.41) is 3.45. The van der Waals surface area contributed by atoms with Crippen molar-refractivity contribution < 1.29 is 0 Å². The maximum Gasteiger partial charge on any atom is 0.0951 e. The zero-order valence-electron chi connectivity index (χ0n) is 8.87. The summed E-state index contributed by atoms with van der Waals surface area (Å²) < 4.78 is 2.32. The second-order valence-corrected chi connectivity index (χ2v) is 4.05. The summed E-state index contributed by atoms with van der Waals surface area (Å²) in [4.78, 5) is 4.21. The van der Waals surface area contributed by atoms with Crippen LogP contribution in [0.3, 0.4) is 0 Å². The van der Waals surface area contributed by atoms with E-state index in [0.717, 1.165) is 19.1 Å². The molecule has 3 heteroatoms. The Morgan fingerprint density at radius 1 is 1.57 bits per heavy atom. The highest BCUT2D eigenvalue weighted by atomic mass is 15.1. The van der Waals surface area contributed by atoms with E-state index in [4.69, 9.17) is 0 Å². The number of imidazole rings is 1. The molecule has 1 aromatic heterocycles. The smallest absolute Gasteiger partial charge is 0.0951 e. The molecule has 1 heterocycles. The fraction of sp³-hybridized carbons (Fsp3) is 0.727. The first-order valence-corrected chi connectivity index (χ1v) is 5.63. The zero-order valence-corrected chi connectivity index (χ0v) is 8.87. The minimum absolute atomic E-state index is 0.750. The summed E-state index contributed by atoms with van der Waals surface area (Å²) in [7, 11) is 0. The quantitative estimate of drug-likeness (QED) is 0.701. The van der Waals surface area contributed by atoms with Crippen LogP contribution in [0.4, 0.5) is 0 Å². The third-order valence-electron chi connectivity index (χ3n) is 2.70. The predicted octanol–water partition coefficient (Wildman–Crippen LogP) is 2.11. The van der Waals surface area contributed by atoms with Crippen LogP contribution in [0.1, 0.15) is 44.3 Å². The number of hydrogen-bond donors (Lipinski definition) is 1. The van der Waals surface area contributed by atoms with Gasteiger partial charge in [0.25, 0.3) is 0 Å². The normalized spacial score (nSPS) is 16.1. The van der Waals surface area contributed by atoms with Gasteiger partial charge >= 0.3 is 0 Å². The number of aromatic nitrogens is 2. The number of rotatable bonds is 6. The van der Waals surface area contributed by atoms with E-state index in [1.165, 1.54) is 31.4 Å². The molecule has 0 saturated heterocycles. The SMILES string of the molecule is CCCCNCc1cncn1C1CC1. The monoisotopic (exact) mass is 193 g/mol.